The second-order valence-corrected chi connectivity index (χ2v) is 5.79. The molecule has 0 spiro atoms. The van der Waals surface area contributed by atoms with Gasteiger partial charge >= 0.3 is 5.97 Å². The molecule has 1 aliphatic rings. The molecule has 2 rings (SSSR count). The van der Waals surface area contributed by atoms with Gasteiger partial charge in [-0.05, 0) is 37.5 Å². The Labute approximate surface area is 150 Å². The van der Waals surface area contributed by atoms with Gasteiger partial charge in [0, 0.05) is 12.6 Å². The predicted molar refractivity (Wildman–Crippen MR) is 96.1 cm³/mol. The minimum absolute atomic E-state index is 0. The summed E-state index contributed by atoms with van der Waals surface area (Å²) in [5, 5.41) is 3.62. The lowest BCUT2D eigenvalue weighted by Gasteiger charge is -2.23. The summed E-state index contributed by atoms with van der Waals surface area (Å²) in [6.07, 6.45) is 6.53. The lowest BCUT2D eigenvalue weighted by Crippen LogP contribution is -2.30. The van der Waals surface area contributed by atoms with Crippen LogP contribution in [0.5, 0.6) is 11.5 Å². The first-order valence-electron chi connectivity index (χ1n) is 8.41. The Kier molecular flexibility index (Phi) is 9.57. The fourth-order valence-corrected chi connectivity index (χ4v) is 2.81. The summed E-state index contributed by atoms with van der Waals surface area (Å²) in [7, 11) is 1.34. The van der Waals surface area contributed by atoms with Gasteiger partial charge in [-0.3, -0.25) is 0 Å². The summed E-state index contributed by atoms with van der Waals surface area (Å²) in [5.74, 6) is 0.827. The van der Waals surface area contributed by atoms with Crippen LogP contribution in [0.25, 0.3) is 0 Å². The smallest absolute Gasteiger partial charge is 0.343 e. The molecule has 136 valence electrons. The Morgan fingerprint density at radius 3 is 2.58 bits per heavy atom. The number of carbonyl (C=O) groups excluding carboxylic acids is 1. The molecule has 0 amide bonds. The first-order chi connectivity index (χ1) is 11.2. The number of hydrogen-bond donors (Lipinski definition) is 1. The van der Waals surface area contributed by atoms with Crippen LogP contribution in [0.15, 0.2) is 18.2 Å². The quantitative estimate of drug-likeness (QED) is 0.722. The number of hydrogen-bond acceptors (Lipinski definition) is 5. The minimum Gasteiger partial charge on any atom is -0.490 e. The fourth-order valence-electron chi connectivity index (χ4n) is 2.81. The SMILES string of the molecule is CCOc1cc(CNC2CCCCC2)ccc1OCC(=O)OC.Cl. The van der Waals surface area contributed by atoms with Gasteiger partial charge in [-0.15, -0.1) is 12.4 Å². The van der Waals surface area contributed by atoms with Gasteiger partial charge in [0.2, 0.25) is 0 Å². The number of methoxy groups -OCH3 is 1. The highest BCUT2D eigenvalue weighted by Crippen LogP contribution is 2.29. The van der Waals surface area contributed by atoms with Crippen LogP contribution in [-0.2, 0) is 16.1 Å². The van der Waals surface area contributed by atoms with E-state index in [4.69, 9.17) is 9.47 Å². The molecule has 0 aliphatic heterocycles. The van der Waals surface area contributed by atoms with E-state index in [1.54, 1.807) is 0 Å². The zero-order valence-corrected chi connectivity index (χ0v) is 15.3. The molecule has 1 saturated carbocycles. The monoisotopic (exact) mass is 357 g/mol. The van der Waals surface area contributed by atoms with Gasteiger partial charge in [0.25, 0.3) is 0 Å². The highest BCUT2D eigenvalue weighted by Gasteiger charge is 2.13. The molecular weight excluding hydrogens is 330 g/mol. The van der Waals surface area contributed by atoms with E-state index in [0.29, 0.717) is 24.1 Å². The normalized spacial score (nSPS) is 14.6. The van der Waals surface area contributed by atoms with E-state index in [1.807, 2.05) is 25.1 Å². The van der Waals surface area contributed by atoms with Crippen LogP contribution in [0.4, 0.5) is 0 Å². The lowest BCUT2D eigenvalue weighted by atomic mass is 9.95. The van der Waals surface area contributed by atoms with Crippen molar-refractivity contribution >= 4 is 18.4 Å². The van der Waals surface area contributed by atoms with Crippen molar-refractivity contribution in [1.82, 2.24) is 5.32 Å². The Balaban J connectivity index is 0.00000288. The average Bonchev–Trinajstić information content (AvgIpc) is 2.60. The molecule has 1 N–H and O–H groups in total. The topological polar surface area (TPSA) is 56.8 Å². The van der Waals surface area contributed by atoms with Crippen molar-refractivity contribution in [2.75, 3.05) is 20.3 Å². The second-order valence-electron chi connectivity index (χ2n) is 5.79. The Bertz CT molecular complexity index is 504. The minimum atomic E-state index is -0.407. The molecule has 5 nitrogen and oxygen atoms in total. The maximum Gasteiger partial charge on any atom is 0.343 e. The zero-order valence-electron chi connectivity index (χ0n) is 14.5. The summed E-state index contributed by atoms with van der Waals surface area (Å²) in [6, 6.07) is 6.46. The molecule has 0 atom stereocenters. The van der Waals surface area contributed by atoms with Crippen LogP contribution in [0.2, 0.25) is 0 Å². The van der Waals surface area contributed by atoms with Gasteiger partial charge in [-0.25, -0.2) is 4.79 Å². The number of esters is 1. The first-order valence-corrected chi connectivity index (χ1v) is 8.41. The molecule has 24 heavy (non-hydrogen) atoms. The second kappa shape index (κ2) is 11.2. The molecule has 6 heteroatoms. The van der Waals surface area contributed by atoms with Crippen molar-refractivity contribution in [2.45, 2.75) is 51.6 Å². The number of ether oxygens (including phenoxy) is 3. The van der Waals surface area contributed by atoms with Crippen molar-refractivity contribution in [1.29, 1.82) is 0 Å². The van der Waals surface area contributed by atoms with E-state index in [9.17, 15) is 4.79 Å². The van der Waals surface area contributed by atoms with Crippen LogP contribution in [0, 0.1) is 0 Å². The maximum absolute atomic E-state index is 11.2. The average molecular weight is 358 g/mol. The Morgan fingerprint density at radius 1 is 1.17 bits per heavy atom. The third-order valence-electron chi connectivity index (χ3n) is 4.08. The van der Waals surface area contributed by atoms with Crippen molar-refractivity contribution in [3.63, 3.8) is 0 Å². The molecular formula is C18H28ClNO4. The maximum atomic E-state index is 11.2. The van der Waals surface area contributed by atoms with Crippen LogP contribution in [-0.4, -0.2) is 32.3 Å². The fraction of sp³-hybridized carbons (Fsp3) is 0.611. The number of benzene rings is 1. The molecule has 1 aliphatic carbocycles. The van der Waals surface area contributed by atoms with Crippen molar-refractivity contribution in [3.8, 4) is 11.5 Å². The molecule has 0 unspecified atom stereocenters. The van der Waals surface area contributed by atoms with E-state index in [-0.39, 0.29) is 19.0 Å². The third kappa shape index (κ3) is 6.57. The molecule has 1 fully saturated rings. The largest absolute Gasteiger partial charge is 0.490 e. The van der Waals surface area contributed by atoms with Crippen LogP contribution in [0.3, 0.4) is 0 Å². The molecule has 1 aromatic rings. The first kappa shape index (κ1) is 20.6. The molecule has 0 bridgehead atoms. The van der Waals surface area contributed by atoms with Crippen molar-refractivity contribution < 1.29 is 19.0 Å². The molecule has 0 aromatic heterocycles. The molecule has 0 saturated heterocycles. The van der Waals surface area contributed by atoms with Crippen LogP contribution in [0.1, 0.15) is 44.6 Å². The van der Waals surface area contributed by atoms with Gasteiger partial charge in [-0.1, -0.05) is 25.3 Å². The van der Waals surface area contributed by atoms with Crippen molar-refractivity contribution in [3.05, 3.63) is 23.8 Å². The van der Waals surface area contributed by atoms with Crippen LogP contribution < -0.4 is 14.8 Å². The lowest BCUT2D eigenvalue weighted by molar-refractivity contribution is -0.142. The molecule has 1 aromatic carbocycles. The summed E-state index contributed by atoms with van der Waals surface area (Å²) < 4.78 is 15.7. The standard InChI is InChI=1S/C18H27NO4.ClH/c1-3-22-17-11-14(12-19-15-7-5-4-6-8-15)9-10-16(17)23-13-18(20)21-2;/h9-11,15,19H,3-8,12-13H2,1-2H3;1H. The van der Waals surface area contributed by atoms with E-state index >= 15 is 0 Å². The van der Waals surface area contributed by atoms with E-state index in [0.717, 1.165) is 12.1 Å². The summed E-state index contributed by atoms with van der Waals surface area (Å²) >= 11 is 0. The number of halogens is 1. The van der Waals surface area contributed by atoms with Gasteiger partial charge in [0.05, 0.1) is 13.7 Å². The van der Waals surface area contributed by atoms with Gasteiger partial charge < -0.3 is 19.5 Å². The third-order valence-corrected chi connectivity index (χ3v) is 4.08. The Hall–Kier alpha value is -1.46. The summed E-state index contributed by atoms with van der Waals surface area (Å²) in [5.41, 5.74) is 1.16. The van der Waals surface area contributed by atoms with Gasteiger partial charge in [0.15, 0.2) is 18.1 Å². The molecule has 0 radical (unpaired) electrons. The number of nitrogens with one attached hydrogen (secondary N) is 1. The molecule has 0 heterocycles. The number of rotatable bonds is 8. The van der Waals surface area contributed by atoms with Crippen LogP contribution >= 0.6 is 12.4 Å². The Morgan fingerprint density at radius 2 is 1.92 bits per heavy atom. The highest BCUT2D eigenvalue weighted by atomic mass is 35.5. The predicted octanol–water partition coefficient (Wildman–Crippen LogP) is 3.48. The summed E-state index contributed by atoms with van der Waals surface area (Å²) in [4.78, 5) is 11.2. The highest BCUT2D eigenvalue weighted by molar-refractivity contribution is 5.85. The van der Waals surface area contributed by atoms with Gasteiger partial charge in [0.1, 0.15) is 0 Å². The van der Waals surface area contributed by atoms with E-state index in [1.165, 1.54) is 39.2 Å². The number of carbonyl (C=O) groups is 1. The van der Waals surface area contributed by atoms with Crippen molar-refractivity contribution in [2.24, 2.45) is 0 Å². The van der Waals surface area contributed by atoms with Gasteiger partial charge in [-0.2, -0.15) is 0 Å². The summed E-state index contributed by atoms with van der Waals surface area (Å²) in [6.45, 7) is 3.18. The van der Waals surface area contributed by atoms with E-state index < -0.39 is 5.97 Å². The zero-order chi connectivity index (χ0) is 16.5. The van der Waals surface area contributed by atoms with E-state index in [2.05, 4.69) is 10.1 Å².